The molecule has 2 rings (SSSR count). The number of alkyl halides is 3. The standard InChI is InChI=1S/C14H14F4N2O/c1-8(2)19-6-11-13(21-7-20-11)9-4-3-5-10(12(9)15)14(16,17)18/h3-5,7-8,19H,6H2,1-2H3. The van der Waals surface area contributed by atoms with Crippen LogP contribution in [0.5, 0.6) is 0 Å². The van der Waals surface area contributed by atoms with E-state index in [1.807, 2.05) is 13.8 Å². The maximum absolute atomic E-state index is 14.1. The summed E-state index contributed by atoms with van der Waals surface area (Å²) in [5.41, 5.74) is -1.20. The fourth-order valence-electron chi connectivity index (χ4n) is 1.84. The quantitative estimate of drug-likeness (QED) is 0.868. The van der Waals surface area contributed by atoms with Crippen LogP contribution >= 0.6 is 0 Å². The van der Waals surface area contributed by atoms with E-state index in [9.17, 15) is 17.6 Å². The molecule has 0 spiro atoms. The van der Waals surface area contributed by atoms with Gasteiger partial charge >= 0.3 is 6.18 Å². The van der Waals surface area contributed by atoms with E-state index < -0.39 is 17.6 Å². The molecule has 0 amide bonds. The molecule has 0 aliphatic rings. The normalized spacial score (nSPS) is 12.1. The summed E-state index contributed by atoms with van der Waals surface area (Å²) < 4.78 is 57.3. The molecule has 3 nitrogen and oxygen atoms in total. The fraction of sp³-hybridized carbons (Fsp3) is 0.357. The Labute approximate surface area is 119 Å². The second kappa shape index (κ2) is 5.85. The first-order valence-electron chi connectivity index (χ1n) is 6.32. The molecular formula is C14H14F4N2O. The molecule has 1 aromatic heterocycles. The Morgan fingerprint density at radius 3 is 2.62 bits per heavy atom. The number of nitrogens with one attached hydrogen (secondary N) is 1. The van der Waals surface area contributed by atoms with Gasteiger partial charge in [0, 0.05) is 12.6 Å². The van der Waals surface area contributed by atoms with Crippen molar-refractivity contribution in [1.29, 1.82) is 0 Å². The molecule has 0 saturated heterocycles. The lowest BCUT2D eigenvalue weighted by atomic mass is 10.1. The molecule has 114 valence electrons. The molecule has 1 aromatic carbocycles. The number of aromatic nitrogens is 1. The minimum absolute atomic E-state index is 0.00625. The highest BCUT2D eigenvalue weighted by molar-refractivity contribution is 5.62. The summed E-state index contributed by atoms with van der Waals surface area (Å²) in [7, 11) is 0. The molecule has 1 N–H and O–H groups in total. The van der Waals surface area contributed by atoms with E-state index in [1.54, 1.807) is 0 Å². The lowest BCUT2D eigenvalue weighted by molar-refractivity contribution is -0.139. The molecule has 0 fully saturated rings. The molecule has 21 heavy (non-hydrogen) atoms. The molecule has 0 unspecified atom stereocenters. The molecule has 0 atom stereocenters. The van der Waals surface area contributed by atoms with E-state index in [-0.39, 0.29) is 23.9 Å². The van der Waals surface area contributed by atoms with E-state index in [2.05, 4.69) is 10.3 Å². The van der Waals surface area contributed by atoms with Crippen LogP contribution in [0.4, 0.5) is 17.6 Å². The minimum atomic E-state index is -4.75. The van der Waals surface area contributed by atoms with Crippen LogP contribution < -0.4 is 5.32 Å². The zero-order chi connectivity index (χ0) is 15.6. The summed E-state index contributed by atoms with van der Waals surface area (Å²) in [6.45, 7) is 4.09. The van der Waals surface area contributed by atoms with Crippen molar-refractivity contribution in [3.63, 3.8) is 0 Å². The van der Waals surface area contributed by atoms with Crippen LogP contribution in [0.1, 0.15) is 25.1 Å². The van der Waals surface area contributed by atoms with Crippen molar-refractivity contribution in [2.24, 2.45) is 0 Å². The van der Waals surface area contributed by atoms with Gasteiger partial charge in [0.2, 0.25) is 0 Å². The van der Waals surface area contributed by atoms with Crippen LogP contribution in [0.15, 0.2) is 29.0 Å². The Kier molecular flexibility index (Phi) is 4.32. The first-order valence-corrected chi connectivity index (χ1v) is 6.32. The van der Waals surface area contributed by atoms with Gasteiger partial charge in [-0.3, -0.25) is 0 Å². The Morgan fingerprint density at radius 2 is 2.00 bits per heavy atom. The number of halogens is 4. The van der Waals surface area contributed by atoms with E-state index >= 15 is 0 Å². The maximum Gasteiger partial charge on any atom is 0.419 e. The summed E-state index contributed by atoms with van der Waals surface area (Å²) in [5.74, 6) is -1.35. The number of hydrogen-bond acceptors (Lipinski definition) is 3. The van der Waals surface area contributed by atoms with Crippen molar-refractivity contribution >= 4 is 0 Å². The zero-order valence-corrected chi connectivity index (χ0v) is 11.5. The summed E-state index contributed by atoms with van der Waals surface area (Å²) in [4.78, 5) is 3.92. The Hall–Kier alpha value is -1.89. The van der Waals surface area contributed by atoms with Crippen LogP contribution in [0.25, 0.3) is 11.3 Å². The first kappa shape index (κ1) is 15.5. The van der Waals surface area contributed by atoms with Crippen molar-refractivity contribution in [1.82, 2.24) is 10.3 Å². The van der Waals surface area contributed by atoms with Crippen molar-refractivity contribution in [2.45, 2.75) is 32.6 Å². The predicted octanol–water partition coefficient (Wildman–Crippen LogP) is 4.00. The van der Waals surface area contributed by atoms with Gasteiger partial charge in [-0.15, -0.1) is 0 Å². The first-order chi connectivity index (χ1) is 9.80. The summed E-state index contributed by atoms with van der Waals surface area (Å²) in [5, 5.41) is 3.06. The van der Waals surface area contributed by atoms with E-state index in [0.29, 0.717) is 11.8 Å². The Bertz CT molecular complexity index is 620. The lowest BCUT2D eigenvalue weighted by Crippen LogP contribution is -2.22. The molecule has 0 bridgehead atoms. The highest BCUT2D eigenvalue weighted by Crippen LogP contribution is 2.36. The van der Waals surface area contributed by atoms with Crippen LogP contribution in [0, 0.1) is 5.82 Å². The van der Waals surface area contributed by atoms with Gasteiger partial charge in [-0.1, -0.05) is 19.9 Å². The van der Waals surface area contributed by atoms with Crippen molar-refractivity contribution < 1.29 is 22.0 Å². The molecule has 0 saturated carbocycles. The van der Waals surface area contributed by atoms with Gasteiger partial charge in [0.15, 0.2) is 12.2 Å². The molecule has 7 heteroatoms. The van der Waals surface area contributed by atoms with Gasteiger partial charge in [0.25, 0.3) is 0 Å². The van der Waals surface area contributed by atoms with E-state index in [1.165, 1.54) is 6.07 Å². The molecule has 0 aliphatic heterocycles. The van der Waals surface area contributed by atoms with Crippen molar-refractivity contribution in [2.75, 3.05) is 0 Å². The highest BCUT2D eigenvalue weighted by atomic mass is 19.4. The summed E-state index contributed by atoms with van der Waals surface area (Å²) in [6.07, 6.45) is -3.66. The highest BCUT2D eigenvalue weighted by Gasteiger charge is 2.35. The van der Waals surface area contributed by atoms with E-state index in [4.69, 9.17) is 4.42 Å². The SMILES string of the molecule is CC(C)NCc1ncoc1-c1cccc(C(F)(F)F)c1F. The summed E-state index contributed by atoms with van der Waals surface area (Å²) in [6, 6.07) is 3.23. The molecule has 0 aliphatic carbocycles. The van der Waals surface area contributed by atoms with Gasteiger partial charge in [-0.2, -0.15) is 13.2 Å². The molecular weight excluding hydrogens is 288 g/mol. The van der Waals surface area contributed by atoms with Gasteiger partial charge in [0.05, 0.1) is 11.1 Å². The summed E-state index contributed by atoms with van der Waals surface area (Å²) >= 11 is 0. The average molecular weight is 302 g/mol. The third-order valence-corrected chi connectivity index (χ3v) is 2.87. The van der Waals surface area contributed by atoms with E-state index in [0.717, 1.165) is 12.5 Å². The zero-order valence-electron chi connectivity index (χ0n) is 11.5. The molecule has 1 heterocycles. The largest absolute Gasteiger partial charge is 0.443 e. The van der Waals surface area contributed by atoms with Gasteiger partial charge in [-0.25, -0.2) is 9.37 Å². The molecule has 0 radical (unpaired) electrons. The predicted molar refractivity (Wildman–Crippen MR) is 68.9 cm³/mol. The van der Waals surface area contributed by atoms with Gasteiger partial charge in [-0.05, 0) is 12.1 Å². The van der Waals surface area contributed by atoms with Crippen LogP contribution in [0.2, 0.25) is 0 Å². The minimum Gasteiger partial charge on any atom is -0.443 e. The van der Waals surface area contributed by atoms with Crippen LogP contribution in [0.3, 0.4) is 0 Å². The third kappa shape index (κ3) is 3.41. The molecule has 2 aromatic rings. The Morgan fingerprint density at radius 1 is 1.29 bits per heavy atom. The second-order valence-electron chi connectivity index (χ2n) is 4.83. The van der Waals surface area contributed by atoms with Crippen molar-refractivity contribution in [3.05, 3.63) is 41.7 Å². The number of nitrogens with zero attached hydrogens (tertiary/aromatic N) is 1. The lowest BCUT2D eigenvalue weighted by Gasteiger charge is -2.11. The topological polar surface area (TPSA) is 38.1 Å². The Balaban J connectivity index is 2.42. The smallest absolute Gasteiger partial charge is 0.419 e. The number of benzene rings is 1. The number of oxazole rings is 1. The van der Waals surface area contributed by atoms with Crippen molar-refractivity contribution in [3.8, 4) is 11.3 Å². The monoisotopic (exact) mass is 302 g/mol. The number of rotatable bonds is 4. The fourth-order valence-corrected chi connectivity index (χ4v) is 1.84. The van der Waals surface area contributed by atoms with Gasteiger partial charge < -0.3 is 9.73 Å². The van der Waals surface area contributed by atoms with Crippen LogP contribution in [-0.4, -0.2) is 11.0 Å². The van der Waals surface area contributed by atoms with Crippen LogP contribution in [-0.2, 0) is 12.7 Å². The van der Waals surface area contributed by atoms with Gasteiger partial charge in [0.1, 0.15) is 11.5 Å². The second-order valence-corrected chi connectivity index (χ2v) is 4.83. The average Bonchev–Trinajstić information content (AvgIpc) is 2.83. The third-order valence-electron chi connectivity index (χ3n) is 2.87. The maximum atomic E-state index is 14.1. The number of hydrogen-bond donors (Lipinski definition) is 1.